The van der Waals surface area contributed by atoms with E-state index in [0.717, 1.165) is 39.8 Å². The van der Waals surface area contributed by atoms with Gasteiger partial charge >= 0.3 is 0 Å². The second-order valence-electron chi connectivity index (χ2n) is 8.92. The molecule has 0 bridgehead atoms. The lowest BCUT2D eigenvalue weighted by molar-refractivity contribution is 0.291. The highest BCUT2D eigenvalue weighted by Crippen LogP contribution is 2.29. The van der Waals surface area contributed by atoms with Gasteiger partial charge in [0.05, 0.1) is 6.67 Å². The van der Waals surface area contributed by atoms with Crippen molar-refractivity contribution in [3.05, 3.63) is 82.9 Å². The number of rotatable bonds is 5. The Balaban J connectivity index is 1.37. The van der Waals surface area contributed by atoms with E-state index in [1.165, 1.54) is 10.5 Å². The van der Waals surface area contributed by atoms with Crippen LogP contribution in [-0.4, -0.2) is 58.5 Å². The first-order chi connectivity index (χ1) is 16.5. The normalized spacial score (nSPS) is 15.3. The van der Waals surface area contributed by atoms with Crippen molar-refractivity contribution in [1.29, 1.82) is 0 Å². The molecule has 1 aliphatic rings. The van der Waals surface area contributed by atoms with Gasteiger partial charge in [-0.1, -0.05) is 30.3 Å². The topological polar surface area (TPSA) is 69.8 Å². The molecule has 0 saturated heterocycles. The molecule has 0 aliphatic carbocycles. The maximum Gasteiger partial charge on any atom is 0.147 e. The third-order valence-corrected chi connectivity index (χ3v) is 5.92. The van der Waals surface area contributed by atoms with Crippen molar-refractivity contribution in [1.82, 2.24) is 19.9 Å². The van der Waals surface area contributed by atoms with Crippen LogP contribution in [0.3, 0.4) is 0 Å². The fourth-order valence-corrected chi connectivity index (χ4v) is 4.21. The standard InChI is InChI=1S/C27H28N6O/c1-19-12-22(27(34)26(13-19)33-29-24-6-4-5-7-25(24)30-33)17-32-16-21(15-28-18-32)14-20-8-10-23(11-9-20)31(2)3/h4-15,34H,16-18H2,1-3H3. The lowest BCUT2D eigenvalue weighted by Crippen LogP contribution is -2.29. The number of phenols is 1. The predicted molar refractivity (Wildman–Crippen MR) is 138 cm³/mol. The number of hydrogen-bond donors (Lipinski definition) is 1. The minimum Gasteiger partial charge on any atom is -0.505 e. The van der Waals surface area contributed by atoms with Crippen LogP contribution < -0.4 is 4.90 Å². The van der Waals surface area contributed by atoms with Gasteiger partial charge < -0.3 is 10.0 Å². The van der Waals surface area contributed by atoms with Crippen LogP contribution in [-0.2, 0) is 6.54 Å². The van der Waals surface area contributed by atoms with E-state index in [2.05, 4.69) is 55.3 Å². The molecule has 0 atom stereocenters. The number of nitrogens with zero attached hydrogens (tertiary/aromatic N) is 6. The molecule has 0 spiro atoms. The van der Waals surface area contributed by atoms with Gasteiger partial charge in [-0.15, -0.1) is 15.0 Å². The number of hydrogen-bond acceptors (Lipinski definition) is 6. The quantitative estimate of drug-likeness (QED) is 0.485. The van der Waals surface area contributed by atoms with E-state index >= 15 is 0 Å². The van der Waals surface area contributed by atoms with E-state index in [1.54, 1.807) is 0 Å². The smallest absolute Gasteiger partial charge is 0.147 e. The Hall–Kier alpha value is -3.97. The van der Waals surface area contributed by atoms with Crippen molar-refractivity contribution in [2.45, 2.75) is 13.5 Å². The van der Waals surface area contributed by atoms with Gasteiger partial charge in [0.2, 0.25) is 0 Å². The molecule has 7 heteroatoms. The van der Waals surface area contributed by atoms with Crippen LogP contribution in [0.15, 0.2) is 71.2 Å². The number of anilines is 1. The zero-order valence-electron chi connectivity index (χ0n) is 19.7. The molecule has 1 aromatic heterocycles. The Kier molecular flexibility index (Phi) is 5.86. The molecule has 0 saturated carbocycles. The van der Waals surface area contributed by atoms with Crippen molar-refractivity contribution in [2.75, 3.05) is 32.2 Å². The van der Waals surface area contributed by atoms with Gasteiger partial charge in [0.1, 0.15) is 22.5 Å². The summed E-state index contributed by atoms with van der Waals surface area (Å²) in [5.74, 6) is 0.199. The molecule has 4 aromatic rings. The van der Waals surface area contributed by atoms with Gasteiger partial charge in [0, 0.05) is 44.7 Å². The first kappa shape index (κ1) is 21.9. The van der Waals surface area contributed by atoms with Gasteiger partial charge in [0.15, 0.2) is 0 Å². The highest BCUT2D eigenvalue weighted by Gasteiger charge is 2.18. The van der Waals surface area contributed by atoms with E-state index in [9.17, 15) is 5.11 Å². The minimum absolute atomic E-state index is 0.199. The Morgan fingerprint density at radius 1 is 1.00 bits per heavy atom. The summed E-state index contributed by atoms with van der Waals surface area (Å²) in [7, 11) is 4.08. The van der Waals surface area contributed by atoms with Crippen LogP contribution >= 0.6 is 0 Å². The number of benzene rings is 3. The van der Waals surface area contributed by atoms with Crippen LogP contribution in [0.4, 0.5) is 5.69 Å². The van der Waals surface area contributed by atoms with Gasteiger partial charge in [-0.05, 0) is 60.0 Å². The Morgan fingerprint density at radius 3 is 2.38 bits per heavy atom. The van der Waals surface area contributed by atoms with Crippen LogP contribution in [0.2, 0.25) is 0 Å². The summed E-state index contributed by atoms with van der Waals surface area (Å²) in [5, 5.41) is 20.2. The lowest BCUT2D eigenvalue weighted by Gasteiger charge is -2.25. The van der Waals surface area contributed by atoms with E-state index in [-0.39, 0.29) is 5.75 Å². The number of aryl methyl sites for hydroxylation is 1. The predicted octanol–water partition coefficient (Wildman–Crippen LogP) is 4.43. The summed E-state index contributed by atoms with van der Waals surface area (Å²) in [4.78, 5) is 10.4. The van der Waals surface area contributed by atoms with Crippen molar-refractivity contribution in [2.24, 2.45) is 4.99 Å². The van der Waals surface area contributed by atoms with Crippen LogP contribution in [0, 0.1) is 6.92 Å². The van der Waals surface area contributed by atoms with E-state index in [4.69, 9.17) is 0 Å². The monoisotopic (exact) mass is 452 g/mol. The second-order valence-corrected chi connectivity index (χ2v) is 8.92. The minimum atomic E-state index is 0.199. The van der Waals surface area contributed by atoms with Crippen molar-refractivity contribution in [3.63, 3.8) is 0 Å². The Labute approximate surface area is 199 Å². The third-order valence-electron chi connectivity index (χ3n) is 5.92. The van der Waals surface area contributed by atoms with Crippen molar-refractivity contribution < 1.29 is 5.11 Å². The highest BCUT2D eigenvalue weighted by molar-refractivity contribution is 5.86. The average Bonchev–Trinajstić information content (AvgIpc) is 3.26. The molecule has 34 heavy (non-hydrogen) atoms. The van der Waals surface area contributed by atoms with E-state index in [1.807, 2.05) is 63.6 Å². The Bertz CT molecular complexity index is 1350. The summed E-state index contributed by atoms with van der Waals surface area (Å²) in [6, 6.07) is 20.1. The SMILES string of the molecule is Cc1cc(CN2CN=CC(=Cc3ccc(N(C)C)cc3)C2)c(O)c(-n2nc3ccccc3n2)c1. The zero-order chi connectivity index (χ0) is 23.7. The molecule has 2 heterocycles. The fraction of sp³-hybridized carbons (Fsp3) is 0.222. The molecule has 5 rings (SSSR count). The summed E-state index contributed by atoms with van der Waals surface area (Å²) >= 11 is 0. The fourth-order valence-electron chi connectivity index (χ4n) is 4.21. The van der Waals surface area contributed by atoms with Crippen LogP contribution in [0.1, 0.15) is 16.7 Å². The molecule has 1 aliphatic heterocycles. The number of aliphatic imine (C=N–C) groups is 1. The largest absolute Gasteiger partial charge is 0.505 e. The maximum atomic E-state index is 11.1. The third kappa shape index (κ3) is 4.56. The lowest BCUT2D eigenvalue weighted by atomic mass is 10.1. The number of phenolic OH excluding ortho intramolecular Hbond substituents is 1. The molecule has 0 radical (unpaired) electrons. The molecule has 0 fully saturated rings. The average molecular weight is 453 g/mol. The molecule has 7 nitrogen and oxygen atoms in total. The number of aromatic nitrogens is 3. The molecule has 0 unspecified atom stereocenters. The van der Waals surface area contributed by atoms with Gasteiger partial charge in [0.25, 0.3) is 0 Å². The van der Waals surface area contributed by atoms with Crippen LogP contribution in [0.5, 0.6) is 5.75 Å². The number of aromatic hydroxyl groups is 1. The van der Waals surface area contributed by atoms with Crippen molar-refractivity contribution >= 4 is 29.0 Å². The zero-order valence-corrected chi connectivity index (χ0v) is 19.7. The molecule has 172 valence electrons. The van der Waals surface area contributed by atoms with Crippen LogP contribution in [0.25, 0.3) is 22.8 Å². The summed E-state index contributed by atoms with van der Waals surface area (Å²) in [6.45, 7) is 3.94. The van der Waals surface area contributed by atoms with Gasteiger partial charge in [-0.25, -0.2) is 0 Å². The second kappa shape index (κ2) is 9.11. The molecule has 0 amide bonds. The van der Waals surface area contributed by atoms with Gasteiger partial charge in [-0.2, -0.15) is 0 Å². The molecular weight excluding hydrogens is 424 g/mol. The van der Waals surface area contributed by atoms with Gasteiger partial charge in [-0.3, -0.25) is 9.89 Å². The molecule has 3 aromatic carbocycles. The first-order valence-corrected chi connectivity index (χ1v) is 11.3. The van der Waals surface area contributed by atoms with E-state index in [0.29, 0.717) is 18.9 Å². The summed E-state index contributed by atoms with van der Waals surface area (Å²) in [5.41, 5.74) is 7.51. The highest BCUT2D eigenvalue weighted by atomic mass is 16.3. The molecule has 1 N–H and O–H groups in total. The van der Waals surface area contributed by atoms with Crippen molar-refractivity contribution in [3.8, 4) is 11.4 Å². The first-order valence-electron chi connectivity index (χ1n) is 11.3. The van der Waals surface area contributed by atoms with E-state index < -0.39 is 0 Å². The summed E-state index contributed by atoms with van der Waals surface area (Å²) < 4.78 is 0. The Morgan fingerprint density at radius 2 is 1.71 bits per heavy atom. The summed E-state index contributed by atoms with van der Waals surface area (Å²) in [6.07, 6.45) is 4.10. The maximum absolute atomic E-state index is 11.1. The number of fused-ring (bicyclic) bond motifs is 1. The molecular formula is C27H28N6O.